The van der Waals surface area contributed by atoms with Gasteiger partial charge in [-0.05, 0) is 30.8 Å². The van der Waals surface area contributed by atoms with Gasteiger partial charge in [-0.15, -0.1) is 0 Å². The standard InChI is InChI=1S/C20H24O7/c1-8(6-21)18-13(26-18)14-20(27-14)17(2)4-3-9-10(7-24-15(9)22)11(17)5-12-19(20,25-12)16(18)23/h8,11-14,16,21,23H,3-7H2,1-2H3/t8?,11-,12-,13-,14-,16?,17-,18-,19+,20+/m0/s1. The van der Waals surface area contributed by atoms with Crippen LogP contribution in [0.2, 0.25) is 0 Å². The second-order valence-corrected chi connectivity index (χ2v) is 9.84. The van der Waals surface area contributed by atoms with E-state index in [1.54, 1.807) is 0 Å². The summed E-state index contributed by atoms with van der Waals surface area (Å²) in [5.41, 5.74) is -0.338. The number of aliphatic hydroxyl groups excluding tert-OH is 2. The molecule has 0 aromatic heterocycles. The minimum atomic E-state index is -0.810. The average Bonchev–Trinajstić information content (AvgIpc) is 3.54. The molecule has 2 unspecified atom stereocenters. The molecule has 0 bridgehead atoms. The number of cyclic esters (lactones) is 1. The molecular weight excluding hydrogens is 352 g/mol. The molecule has 7 nitrogen and oxygen atoms in total. The maximum Gasteiger partial charge on any atom is 0.334 e. The largest absolute Gasteiger partial charge is 0.458 e. The fourth-order valence-electron chi connectivity index (χ4n) is 7.73. The van der Waals surface area contributed by atoms with E-state index in [2.05, 4.69) is 6.92 Å². The normalized spacial score (nSPS) is 62.2. The monoisotopic (exact) mass is 376 g/mol. The number of aliphatic hydroxyl groups is 2. The zero-order valence-corrected chi connectivity index (χ0v) is 15.4. The van der Waals surface area contributed by atoms with Crippen molar-refractivity contribution in [2.24, 2.45) is 17.3 Å². The molecule has 3 saturated heterocycles. The van der Waals surface area contributed by atoms with Crippen LogP contribution in [0.5, 0.6) is 0 Å². The molecule has 0 aromatic rings. The Morgan fingerprint density at radius 3 is 2.85 bits per heavy atom. The van der Waals surface area contributed by atoms with Gasteiger partial charge in [0.15, 0.2) is 5.60 Å². The Morgan fingerprint density at radius 1 is 1.26 bits per heavy atom. The van der Waals surface area contributed by atoms with Crippen molar-refractivity contribution in [1.82, 2.24) is 0 Å². The van der Waals surface area contributed by atoms with Crippen molar-refractivity contribution < 1.29 is 34.0 Å². The van der Waals surface area contributed by atoms with E-state index in [0.717, 1.165) is 24.0 Å². The molecule has 2 saturated carbocycles. The molecule has 27 heavy (non-hydrogen) atoms. The number of carbonyl (C=O) groups is 1. The molecule has 7 rings (SSSR count). The van der Waals surface area contributed by atoms with Crippen molar-refractivity contribution in [3.05, 3.63) is 11.1 Å². The highest BCUT2D eigenvalue weighted by Gasteiger charge is 3.00. The highest BCUT2D eigenvalue weighted by molar-refractivity contribution is 5.92. The van der Waals surface area contributed by atoms with E-state index >= 15 is 0 Å². The van der Waals surface area contributed by atoms with Gasteiger partial charge in [0.05, 0.1) is 6.10 Å². The van der Waals surface area contributed by atoms with Crippen LogP contribution in [-0.2, 0) is 23.7 Å². The molecule has 7 heteroatoms. The van der Waals surface area contributed by atoms with Crippen LogP contribution in [0.1, 0.15) is 33.1 Å². The number of hydrogen-bond donors (Lipinski definition) is 2. The van der Waals surface area contributed by atoms with Gasteiger partial charge in [-0.3, -0.25) is 0 Å². The summed E-state index contributed by atoms with van der Waals surface area (Å²) in [6.45, 7) is 4.49. The maximum atomic E-state index is 12.1. The van der Waals surface area contributed by atoms with Gasteiger partial charge in [-0.25, -0.2) is 4.79 Å². The van der Waals surface area contributed by atoms with E-state index in [0.29, 0.717) is 13.0 Å². The number of ether oxygens (including phenoxy) is 4. The molecule has 10 atom stereocenters. The van der Waals surface area contributed by atoms with Crippen LogP contribution in [0, 0.1) is 17.3 Å². The summed E-state index contributed by atoms with van der Waals surface area (Å²) in [7, 11) is 0. The Bertz CT molecular complexity index is 838. The molecule has 0 amide bonds. The first-order valence-corrected chi connectivity index (χ1v) is 10.1. The van der Waals surface area contributed by atoms with Crippen LogP contribution in [0.4, 0.5) is 0 Å². The van der Waals surface area contributed by atoms with E-state index in [-0.39, 0.29) is 48.1 Å². The van der Waals surface area contributed by atoms with Gasteiger partial charge >= 0.3 is 5.97 Å². The Kier molecular flexibility index (Phi) is 2.43. The predicted molar refractivity (Wildman–Crippen MR) is 88.5 cm³/mol. The van der Waals surface area contributed by atoms with Gasteiger partial charge in [0, 0.05) is 23.5 Å². The Morgan fingerprint density at radius 2 is 2.07 bits per heavy atom. The lowest BCUT2D eigenvalue weighted by Gasteiger charge is -2.53. The highest BCUT2D eigenvalue weighted by atomic mass is 16.7. The Hall–Kier alpha value is -0.990. The molecule has 4 heterocycles. The van der Waals surface area contributed by atoms with Gasteiger partial charge in [0.2, 0.25) is 0 Å². The maximum absolute atomic E-state index is 12.1. The number of rotatable bonds is 2. The van der Waals surface area contributed by atoms with E-state index in [1.165, 1.54) is 0 Å². The molecule has 2 N–H and O–H groups in total. The summed E-state index contributed by atoms with van der Waals surface area (Å²) in [5, 5.41) is 21.2. The fourth-order valence-corrected chi connectivity index (χ4v) is 7.73. The van der Waals surface area contributed by atoms with Crippen LogP contribution in [-0.4, -0.2) is 70.6 Å². The van der Waals surface area contributed by atoms with E-state index in [4.69, 9.17) is 18.9 Å². The topological polar surface area (TPSA) is 104 Å². The van der Waals surface area contributed by atoms with Gasteiger partial charge in [0.25, 0.3) is 0 Å². The smallest absolute Gasteiger partial charge is 0.334 e. The van der Waals surface area contributed by atoms with E-state index < -0.39 is 22.9 Å². The second-order valence-electron chi connectivity index (χ2n) is 9.84. The Balaban J connectivity index is 1.36. The first kappa shape index (κ1) is 15.9. The molecule has 5 fully saturated rings. The highest BCUT2D eigenvalue weighted by Crippen LogP contribution is 2.82. The SMILES string of the molecule is CC(CO)[C@]12O[C@H]1[C@@H]1O[C@@]13[C@@]1(C)CCC4=C(COC4=O)[C@@H]1C[C@@H]1O[C@@]13C2O. The lowest BCUT2D eigenvalue weighted by atomic mass is 9.46. The number of epoxide rings is 3. The lowest BCUT2D eigenvalue weighted by Crippen LogP contribution is -2.69. The predicted octanol–water partition coefficient (Wildman–Crippen LogP) is 0.0755. The first-order chi connectivity index (χ1) is 12.9. The van der Waals surface area contributed by atoms with Crippen molar-refractivity contribution in [2.45, 2.75) is 74.3 Å². The minimum absolute atomic E-state index is 0.0381. The summed E-state index contributed by atoms with van der Waals surface area (Å²) in [4.78, 5) is 12.1. The van der Waals surface area contributed by atoms with Gasteiger partial charge in [-0.2, -0.15) is 0 Å². The first-order valence-electron chi connectivity index (χ1n) is 10.1. The van der Waals surface area contributed by atoms with Gasteiger partial charge in [-0.1, -0.05) is 13.8 Å². The Labute approximate surface area is 156 Å². The molecular formula is C20H24O7. The summed E-state index contributed by atoms with van der Waals surface area (Å²) >= 11 is 0. The number of fused-ring (bicyclic) bond motifs is 4. The molecule has 2 spiro atoms. The number of hydrogen-bond acceptors (Lipinski definition) is 7. The lowest BCUT2D eigenvalue weighted by molar-refractivity contribution is -0.136. The zero-order chi connectivity index (χ0) is 18.6. The van der Waals surface area contributed by atoms with Crippen molar-refractivity contribution >= 4 is 5.97 Å². The minimum Gasteiger partial charge on any atom is -0.458 e. The van der Waals surface area contributed by atoms with E-state index in [1.807, 2.05) is 6.92 Å². The molecule has 0 radical (unpaired) electrons. The van der Waals surface area contributed by atoms with Crippen LogP contribution in [0.15, 0.2) is 11.1 Å². The molecule has 146 valence electrons. The number of carbonyl (C=O) groups excluding carboxylic acids is 1. The van der Waals surface area contributed by atoms with Crippen LogP contribution in [0.25, 0.3) is 0 Å². The summed E-state index contributed by atoms with van der Waals surface area (Å²) in [6.07, 6.45) is 1.06. The van der Waals surface area contributed by atoms with Crippen molar-refractivity contribution in [3.63, 3.8) is 0 Å². The number of esters is 1. The van der Waals surface area contributed by atoms with Crippen LogP contribution < -0.4 is 0 Å². The third-order valence-corrected chi connectivity index (χ3v) is 9.24. The summed E-state index contributed by atoms with van der Waals surface area (Å²) in [5.74, 6) is -0.172. The summed E-state index contributed by atoms with van der Waals surface area (Å²) in [6, 6.07) is 0. The second kappa shape index (κ2) is 4.14. The van der Waals surface area contributed by atoms with Gasteiger partial charge < -0.3 is 29.2 Å². The quantitative estimate of drug-likeness (QED) is 0.519. The van der Waals surface area contributed by atoms with Gasteiger partial charge in [0.1, 0.15) is 36.1 Å². The fraction of sp³-hybridized carbons (Fsp3) is 0.850. The molecule has 4 aliphatic heterocycles. The third kappa shape index (κ3) is 1.30. The van der Waals surface area contributed by atoms with Crippen LogP contribution in [0.3, 0.4) is 0 Å². The molecule has 0 aromatic carbocycles. The van der Waals surface area contributed by atoms with Crippen LogP contribution >= 0.6 is 0 Å². The molecule has 7 aliphatic rings. The summed E-state index contributed by atoms with van der Waals surface area (Å²) < 4.78 is 24.2. The average molecular weight is 376 g/mol. The van der Waals surface area contributed by atoms with Crippen molar-refractivity contribution in [1.29, 1.82) is 0 Å². The molecule has 3 aliphatic carbocycles. The van der Waals surface area contributed by atoms with Crippen molar-refractivity contribution in [3.8, 4) is 0 Å². The third-order valence-electron chi connectivity index (χ3n) is 9.24. The zero-order valence-electron chi connectivity index (χ0n) is 15.4. The van der Waals surface area contributed by atoms with Crippen molar-refractivity contribution in [2.75, 3.05) is 13.2 Å². The van der Waals surface area contributed by atoms with E-state index in [9.17, 15) is 15.0 Å².